The number of benzene rings is 1. The predicted molar refractivity (Wildman–Crippen MR) is 76.6 cm³/mol. The van der Waals surface area contributed by atoms with Gasteiger partial charge in [-0.25, -0.2) is 4.39 Å². The Morgan fingerprint density at radius 1 is 1.28 bits per heavy atom. The molecule has 0 aromatic heterocycles. The van der Waals surface area contributed by atoms with Crippen molar-refractivity contribution in [2.45, 2.75) is 47.2 Å². The number of rotatable bonds is 4. The van der Waals surface area contributed by atoms with Gasteiger partial charge in [0.25, 0.3) is 0 Å². The molecule has 0 saturated heterocycles. The van der Waals surface area contributed by atoms with E-state index in [4.69, 9.17) is 4.74 Å². The fraction of sp³-hybridized carbons (Fsp3) is 0.500. The number of aryl methyl sites for hydroxylation is 2. The average Bonchev–Trinajstić information content (AvgIpc) is 2.23. The summed E-state index contributed by atoms with van der Waals surface area (Å²) in [5.74, 6) is 0.843. The van der Waals surface area contributed by atoms with Crippen LogP contribution in [0.25, 0.3) is 0 Å². The number of halogens is 1. The maximum Gasteiger partial charge on any atom is 0.0945 e. The fourth-order valence-electron chi connectivity index (χ4n) is 1.40. The first-order valence-electron chi connectivity index (χ1n) is 6.37. The van der Waals surface area contributed by atoms with Crippen LogP contribution in [0.2, 0.25) is 0 Å². The van der Waals surface area contributed by atoms with Gasteiger partial charge in [-0.1, -0.05) is 24.8 Å². The minimum absolute atomic E-state index is 0.667. The van der Waals surface area contributed by atoms with Crippen molar-refractivity contribution < 1.29 is 9.13 Å². The first-order chi connectivity index (χ1) is 8.36. The Hall–Kier alpha value is -1.31. The van der Waals surface area contributed by atoms with E-state index in [1.54, 1.807) is 0 Å². The van der Waals surface area contributed by atoms with Crippen molar-refractivity contribution in [1.29, 1.82) is 0 Å². The maximum atomic E-state index is 11.0. The lowest BCUT2D eigenvalue weighted by atomic mass is 10.0. The average molecular weight is 252 g/mol. The van der Waals surface area contributed by atoms with Crippen LogP contribution in [-0.4, -0.2) is 12.8 Å². The van der Waals surface area contributed by atoms with Gasteiger partial charge in [-0.2, -0.15) is 0 Å². The molecule has 2 heteroatoms. The Morgan fingerprint density at radius 3 is 2.28 bits per heavy atom. The fourth-order valence-corrected chi connectivity index (χ4v) is 1.40. The molecule has 0 heterocycles. The SMILES string of the molecule is C=C(Cc1ccc(C)c(C)c1)OCC.CC(C)F. The van der Waals surface area contributed by atoms with Crippen LogP contribution in [0.5, 0.6) is 0 Å². The lowest BCUT2D eigenvalue weighted by molar-refractivity contribution is 0.225. The Bertz CT molecular complexity index is 367. The van der Waals surface area contributed by atoms with Crippen LogP contribution in [0.4, 0.5) is 4.39 Å². The molecular formula is C16H25FO. The summed E-state index contributed by atoms with van der Waals surface area (Å²) in [6, 6.07) is 6.47. The summed E-state index contributed by atoms with van der Waals surface area (Å²) in [7, 11) is 0. The molecule has 0 aliphatic rings. The standard InChI is InChI=1S/C13H18O.C3H7F/c1-5-14-12(4)9-13-7-6-10(2)11(3)8-13;1-3(2)4/h6-8H,4-5,9H2,1-3H3;3H,1-2H3. The lowest BCUT2D eigenvalue weighted by Crippen LogP contribution is -1.95. The monoisotopic (exact) mass is 252 g/mol. The highest BCUT2D eigenvalue weighted by atomic mass is 19.1. The Labute approximate surface area is 111 Å². The topological polar surface area (TPSA) is 9.23 Å². The van der Waals surface area contributed by atoms with Gasteiger partial charge in [0.2, 0.25) is 0 Å². The van der Waals surface area contributed by atoms with Crippen LogP contribution in [0, 0.1) is 13.8 Å². The second-order valence-corrected chi connectivity index (χ2v) is 4.58. The molecule has 0 aliphatic carbocycles. The molecule has 1 nitrogen and oxygen atoms in total. The molecule has 0 unspecified atom stereocenters. The molecule has 0 bridgehead atoms. The van der Waals surface area contributed by atoms with Gasteiger partial charge in [0.1, 0.15) is 0 Å². The van der Waals surface area contributed by atoms with E-state index >= 15 is 0 Å². The smallest absolute Gasteiger partial charge is 0.0945 e. The van der Waals surface area contributed by atoms with E-state index in [0.717, 1.165) is 12.2 Å². The van der Waals surface area contributed by atoms with Gasteiger partial charge in [-0.05, 0) is 51.3 Å². The minimum Gasteiger partial charge on any atom is -0.498 e. The van der Waals surface area contributed by atoms with E-state index in [0.29, 0.717) is 6.61 Å². The van der Waals surface area contributed by atoms with Gasteiger partial charge in [0, 0.05) is 6.42 Å². The maximum absolute atomic E-state index is 11.0. The molecule has 0 amide bonds. The zero-order valence-corrected chi connectivity index (χ0v) is 12.2. The molecule has 0 fully saturated rings. The number of alkyl halides is 1. The van der Waals surface area contributed by atoms with Gasteiger partial charge in [0.15, 0.2) is 0 Å². The second-order valence-electron chi connectivity index (χ2n) is 4.58. The molecule has 1 aromatic rings. The van der Waals surface area contributed by atoms with Crippen LogP contribution in [0.1, 0.15) is 37.5 Å². The molecular weight excluding hydrogens is 227 g/mol. The summed E-state index contributed by atoms with van der Waals surface area (Å²) in [6.07, 6.45) is 0.148. The Kier molecular flexibility index (Phi) is 8.10. The van der Waals surface area contributed by atoms with Crippen molar-refractivity contribution in [2.75, 3.05) is 6.61 Å². The third kappa shape index (κ3) is 7.88. The Morgan fingerprint density at radius 2 is 1.83 bits per heavy atom. The highest BCUT2D eigenvalue weighted by Gasteiger charge is 1.99. The lowest BCUT2D eigenvalue weighted by Gasteiger charge is -2.08. The number of hydrogen-bond donors (Lipinski definition) is 0. The van der Waals surface area contributed by atoms with Crippen molar-refractivity contribution in [2.24, 2.45) is 0 Å². The van der Waals surface area contributed by atoms with Crippen molar-refractivity contribution >= 4 is 0 Å². The first kappa shape index (κ1) is 16.7. The second kappa shape index (κ2) is 8.73. The summed E-state index contributed by atoms with van der Waals surface area (Å²) in [5, 5.41) is 0. The third-order valence-corrected chi connectivity index (χ3v) is 2.32. The predicted octanol–water partition coefficient (Wildman–Crippen LogP) is 4.76. The van der Waals surface area contributed by atoms with Crippen LogP contribution in [-0.2, 0) is 11.2 Å². The van der Waals surface area contributed by atoms with E-state index < -0.39 is 6.17 Å². The summed E-state index contributed by atoms with van der Waals surface area (Å²) in [4.78, 5) is 0. The number of ether oxygens (including phenoxy) is 1. The van der Waals surface area contributed by atoms with Crippen LogP contribution >= 0.6 is 0 Å². The molecule has 0 saturated carbocycles. The van der Waals surface area contributed by atoms with Crippen molar-refractivity contribution in [3.8, 4) is 0 Å². The van der Waals surface area contributed by atoms with Crippen LogP contribution in [0.15, 0.2) is 30.5 Å². The zero-order chi connectivity index (χ0) is 14.1. The molecule has 1 aromatic carbocycles. The summed E-state index contributed by atoms with van der Waals surface area (Å²) in [6.45, 7) is 13.8. The van der Waals surface area contributed by atoms with Crippen LogP contribution in [0.3, 0.4) is 0 Å². The van der Waals surface area contributed by atoms with Gasteiger partial charge >= 0.3 is 0 Å². The summed E-state index contributed by atoms with van der Waals surface area (Å²) < 4.78 is 16.3. The quantitative estimate of drug-likeness (QED) is 0.702. The van der Waals surface area contributed by atoms with E-state index in [-0.39, 0.29) is 0 Å². The third-order valence-electron chi connectivity index (χ3n) is 2.32. The highest BCUT2D eigenvalue weighted by Crippen LogP contribution is 2.13. The summed E-state index contributed by atoms with van der Waals surface area (Å²) in [5.41, 5.74) is 3.93. The van der Waals surface area contributed by atoms with Gasteiger partial charge in [-0.15, -0.1) is 0 Å². The van der Waals surface area contributed by atoms with Gasteiger partial charge in [-0.3, -0.25) is 0 Å². The van der Waals surface area contributed by atoms with Crippen molar-refractivity contribution in [3.63, 3.8) is 0 Å². The van der Waals surface area contributed by atoms with Crippen molar-refractivity contribution in [1.82, 2.24) is 0 Å². The number of allylic oxidation sites excluding steroid dienone is 1. The number of hydrogen-bond acceptors (Lipinski definition) is 1. The molecule has 18 heavy (non-hydrogen) atoms. The molecule has 1 rings (SSSR count). The Balaban J connectivity index is 0.000000631. The van der Waals surface area contributed by atoms with E-state index in [9.17, 15) is 4.39 Å². The van der Waals surface area contributed by atoms with Crippen molar-refractivity contribution in [3.05, 3.63) is 47.2 Å². The molecule has 0 atom stereocenters. The van der Waals surface area contributed by atoms with Crippen LogP contribution < -0.4 is 0 Å². The largest absolute Gasteiger partial charge is 0.498 e. The summed E-state index contributed by atoms with van der Waals surface area (Å²) >= 11 is 0. The van der Waals surface area contributed by atoms with E-state index in [2.05, 4.69) is 38.6 Å². The van der Waals surface area contributed by atoms with Gasteiger partial charge < -0.3 is 4.74 Å². The van der Waals surface area contributed by atoms with Gasteiger partial charge in [0.05, 0.1) is 18.5 Å². The first-order valence-corrected chi connectivity index (χ1v) is 6.37. The highest BCUT2D eigenvalue weighted by molar-refractivity contribution is 5.31. The molecule has 0 aliphatic heterocycles. The zero-order valence-electron chi connectivity index (χ0n) is 12.2. The normalized spacial score (nSPS) is 9.72. The minimum atomic E-state index is -0.667. The molecule has 0 radical (unpaired) electrons. The van der Waals surface area contributed by atoms with E-state index in [1.807, 2.05) is 6.92 Å². The molecule has 0 N–H and O–H groups in total. The molecule has 0 spiro atoms. The molecule has 102 valence electrons. The van der Waals surface area contributed by atoms with E-state index in [1.165, 1.54) is 30.5 Å².